The topological polar surface area (TPSA) is 98.0 Å². The van der Waals surface area contributed by atoms with E-state index in [0.717, 1.165) is 27.3 Å². The van der Waals surface area contributed by atoms with Gasteiger partial charge in [-0.1, -0.05) is 48.2 Å². The first kappa shape index (κ1) is 19.2. The van der Waals surface area contributed by atoms with Crippen LogP contribution < -0.4 is 11.1 Å². The van der Waals surface area contributed by atoms with Crippen LogP contribution in [0.2, 0.25) is 0 Å². The van der Waals surface area contributed by atoms with E-state index in [-0.39, 0.29) is 11.2 Å². The maximum Gasteiger partial charge on any atom is 0.251 e. The van der Waals surface area contributed by atoms with E-state index in [1.165, 1.54) is 34.4 Å². The summed E-state index contributed by atoms with van der Waals surface area (Å²) < 4.78 is 1.69. The van der Waals surface area contributed by atoms with E-state index in [1.54, 1.807) is 30.1 Å². The number of carbonyl (C=O) groups is 2. The van der Waals surface area contributed by atoms with Crippen LogP contribution in [0.3, 0.4) is 0 Å². The van der Waals surface area contributed by atoms with Gasteiger partial charge in [0.25, 0.3) is 5.91 Å². The second-order valence-corrected chi connectivity index (χ2v) is 9.64. The molecule has 0 saturated carbocycles. The lowest BCUT2D eigenvalue weighted by Gasteiger charge is -2.09. The number of anilines is 1. The summed E-state index contributed by atoms with van der Waals surface area (Å²) in [6.07, 6.45) is 2.30. The van der Waals surface area contributed by atoms with Gasteiger partial charge >= 0.3 is 0 Å². The minimum Gasteiger partial charge on any atom is -0.366 e. The fourth-order valence-corrected chi connectivity index (χ4v) is 5.74. The van der Waals surface area contributed by atoms with E-state index in [1.807, 2.05) is 0 Å². The Morgan fingerprint density at radius 1 is 1.38 bits per heavy atom. The van der Waals surface area contributed by atoms with Gasteiger partial charge in [0.1, 0.15) is 5.00 Å². The van der Waals surface area contributed by atoms with E-state index in [2.05, 4.69) is 22.4 Å². The van der Waals surface area contributed by atoms with Crippen molar-refractivity contribution in [2.24, 2.45) is 5.73 Å². The number of rotatable bonds is 9. The number of nitrogens with two attached hydrogens (primary N) is 1. The van der Waals surface area contributed by atoms with Crippen molar-refractivity contribution in [1.29, 1.82) is 0 Å². The van der Waals surface area contributed by atoms with E-state index >= 15 is 0 Å². The van der Waals surface area contributed by atoms with E-state index in [9.17, 15) is 9.59 Å². The van der Waals surface area contributed by atoms with Crippen molar-refractivity contribution in [3.63, 3.8) is 0 Å². The highest BCUT2D eigenvalue weighted by Crippen LogP contribution is 2.32. The van der Waals surface area contributed by atoms with E-state index in [0.29, 0.717) is 10.6 Å². The molecule has 6 nitrogen and oxygen atoms in total. The lowest BCUT2D eigenvalue weighted by molar-refractivity contribution is -0.115. The molecule has 130 valence electrons. The molecular weight excluding hydrogens is 384 g/mol. The number of amides is 2. The molecule has 2 heterocycles. The predicted octanol–water partition coefficient (Wildman–Crippen LogP) is 3.71. The summed E-state index contributed by atoms with van der Waals surface area (Å²) in [5.41, 5.74) is 5.61. The van der Waals surface area contributed by atoms with Gasteiger partial charge in [-0.2, -0.15) is 0 Å². The number of thiophene rings is 1. The predicted molar refractivity (Wildman–Crippen MR) is 102 cm³/mol. The van der Waals surface area contributed by atoms with Crippen LogP contribution in [0.5, 0.6) is 0 Å². The molecule has 0 unspecified atom stereocenters. The number of unbranched alkanes of at least 4 members (excludes halogenated alkanes) is 1. The summed E-state index contributed by atoms with van der Waals surface area (Å²) in [6.45, 7) is 3.95. The second kappa shape index (κ2) is 9.40. The minimum atomic E-state index is -0.551. The number of nitrogens with zero attached hydrogens (tertiary/aromatic N) is 2. The number of carbonyl (C=O) groups excluding carboxylic acids is 2. The van der Waals surface area contributed by atoms with Gasteiger partial charge in [0.15, 0.2) is 8.68 Å². The van der Waals surface area contributed by atoms with E-state index < -0.39 is 5.91 Å². The van der Waals surface area contributed by atoms with Crippen LogP contribution in [0.1, 0.15) is 37.0 Å². The van der Waals surface area contributed by atoms with Gasteiger partial charge in [-0.05, 0) is 24.8 Å². The molecule has 0 saturated heterocycles. The summed E-state index contributed by atoms with van der Waals surface area (Å²) in [7, 11) is 0. The van der Waals surface area contributed by atoms with Crippen molar-refractivity contribution in [2.45, 2.75) is 40.6 Å². The Balaban J connectivity index is 1.89. The summed E-state index contributed by atoms with van der Waals surface area (Å²) in [4.78, 5) is 23.6. The number of hydrogen-bond donors (Lipinski definition) is 2. The molecule has 0 aliphatic rings. The standard InChI is InChI=1S/C14H18N4O2S4/c1-3-4-6-22-13-17-18-14(24-13)23-8(2)11(20)16-12-9(10(15)19)5-7-21-12/h5,7-8H,3-4,6H2,1-2H3,(H2,15,19)(H,16,20)/t8-/m0/s1. The highest BCUT2D eigenvalue weighted by atomic mass is 32.2. The number of primary amides is 1. The van der Waals surface area contributed by atoms with Gasteiger partial charge in [0.05, 0.1) is 10.8 Å². The molecule has 24 heavy (non-hydrogen) atoms. The van der Waals surface area contributed by atoms with Gasteiger partial charge in [-0.15, -0.1) is 21.5 Å². The van der Waals surface area contributed by atoms with Crippen molar-refractivity contribution in [3.05, 3.63) is 17.0 Å². The first-order chi connectivity index (χ1) is 11.5. The molecule has 2 rings (SSSR count). The zero-order chi connectivity index (χ0) is 17.5. The molecule has 3 N–H and O–H groups in total. The smallest absolute Gasteiger partial charge is 0.251 e. The summed E-state index contributed by atoms with van der Waals surface area (Å²) >= 11 is 5.82. The zero-order valence-electron chi connectivity index (χ0n) is 13.3. The summed E-state index contributed by atoms with van der Waals surface area (Å²) in [6, 6.07) is 1.60. The number of nitrogens with one attached hydrogen (secondary N) is 1. The average Bonchev–Trinajstić information content (AvgIpc) is 3.17. The van der Waals surface area contributed by atoms with Crippen LogP contribution in [-0.4, -0.2) is 33.0 Å². The molecule has 0 aliphatic carbocycles. The molecule has 2 amide bonds. The average molecular weight is 403 g/mol. The molecular formula is C14H18N4O2S4. The van der Waals surface area contributed by atoms with Crippen molar-refractivity contribution in [1.82, 2.24) is 10.2 Å². The molecule has 0 bridgehead atoms. The third-order valence-electron chi connectivity index (χ3n) is 2.93. The largest absolute Gasteiger partial charge is 0.366 e. The normalized spacial score (nSPS) is 12.1. The fraction of sp³-hybridized carbons (Fsp3) is 0.429. The van der Waals surface area contributed by atoms with Crippen molar-refractivity contribution >= 4 is 63.0 Å². The molecule has 0 aromatic carbocycles. The third kappa shape index (κ3) is 5.47. The Labute approximate surface area is 157 Å². The highest BCUT2D eigenvalue weighted by molar-refractivity contribution is 8.03. The monoisotopic (exact) mass is 402 g/mol. The first-order valence-electron chi connectivity index (χ1n) is 7.32. The van der Waals surface area contributed by atoms with Crippen LogP contribution in [0.15, 0.2) is 20.1 Å². The molecule has 0 spiro atoms. The van der Waals surface area contributed by atoms with Crippen molar-refractivity contribution in [3.8, 4) is 0 Å². The number of thioether (sulfide) groups is 2. The quantitative estimate of drug-likeness (QED) is 0.490. The van der Waals surface area contributed by atoms with E-state index in [4.69, 9.17) is 5.73 Å². The Morgan fingerprint density at radius 2 is 2.12 bits per heavy atom. The third-order valence-corrected chi connectivity index (χ3v) is 7.08. The van der Waals surface area contributed by atoms with Gasteiger partial charge in [0.2, 0.25) is 5.91 Å². The highest BCUT2D eigenvalue weighted by Gasteiger charge is 2.20. The maximum atomic E-state index is 12.3. The van der Waals surface area contributed by atoms with Crippen molar-refractivity contribution in [2.75, 3.05) is 11.1 Å². The van der Waals surface area contributed by atoms with Crippen LogP contribution in [-0.2, 0) is 4.79 Å². The first-order valence-corrected chi connectivity index (χ1v) is 10.9. The fourth-order valence-electron chi connectivity index (χ4n) is 1.63. The molecule has 10 heteroatoms. The number of aromatic nitrogens is 2. The maximum absolute atomic E-state index is 12.3. The molecule has 0 radical (unpaired) electrons. The van der Waals surface area contributed by atoms with Crippen LogP contribution in [0.4, 0.5) is 5.00 Å². The lowest BCUT2D eigenvalue weighted by Crippen LogP contribution is -2.23. The van der Waals surface area contributed by atoms with Gasteiger partial charge < -0.3 is 11.1 Å². The Hall–Kier alpha value is -1.10. The van der Waals surface area contributed by atoms with Crippen molar-refractivity contribution < 1.29 is 9.59 Å². The molecule has 0 fully saturated rings. The lowest BCUT2D eigenvalue weighted by atomic mass is 10.3. The Kier molecular flexibility index (Phi) is 7.53. The summed E-state index contributed by atoms with van der Waals surface area (Å²) in [5, 5.41) is 12.8. The Morgan fingerprint density at radius 3 is 2.83 bits per heavy atom. The SMILES string of the molecule is CCCCSc1nnc(S[C@@H](C)C(=O)Nc2sccc2C(N)=O)s1. The van der Waals surface area contributed by atoms with Gasteiger partial charge in [0, 0.05) is 5.75 Å². The second-order valence-electron chi connectivity index (χ2n) is 4.81. The van der Waals surface area contributed by atoms with Crippen LogP contribution in [0.25, 0.3) is 0 Å². The summed E-state index contributed by atoms with van der Waals surface area (Å²) in [5.74, 6) is 0.283. The van der Waals surface area contributed by atoms with Gasteiger partial charge in [-0.3, -0.25) is 9.59 Å². The molecule has 2 aromatic rings. The molecule has 2 aromatic heterocycles. The van der Waals surface area contributed by atoms with Crippen LogP contribution in [0, 0.1) is 0 Å². The van der Waals surface area contributed by atoms with Gasteiger partial charge in [-0.25, -0.2) is 0 Å². The zero-order valence-corrected chi connectivity index (χ0v) is 16.5. The molecule has 0 aliphatic heterocycles. The Bertz CT molecular complexity index is 701. The minimum absolute atomic E-state index is 0.194. The van der Waals surface area contributed by atoms with Crippen LogP contribution >= 0.6 is 46.2 Å². The molecule has 1 atom stereocenters. The number of hydrogen-bond acceptors (Lipinski definition) is 8.